The molecule has 0 N–H and O–H groups in total. The molecule has 0 saturated carbocycles. The van der Waals surface area contributed by atoms with E-state index in [2.05, 4.69) is 20.3 Å². The van der Waals surface area contributed by atoms with Crippen LogP contribution in [0.4, 0.5) is 0 Å². The van der Waals surface area contributed by atoms with Crippen LogP contribution in [0.15, 0.2) is 29.6 Å². The van der Waals surface area contributed by atoms with Crippen LogP contribution in [0, 0.1) is 0 Å². The SMILES string of the molecule is C[C@@H](Sc1ccc2nnc(-c3nccn3C)n2n1)C(=O)N1CCCCC1. The lowest BCUT2D eigenvalue weighted by Crippen LogP contribution is -2.40. The molecule has 0 spiro atoms. The Kier molecular flexibility index (Phi) is 4.62. The number of rotatable bonds is 4. The van der Waals surface area contributed by atoms with E-state index in [9.17, 15) is 4.79 Å². The molecule has 3 aromatic heterocycles. The first kappa shape index (κ1) is 17.0. The lowest BCUT2D eigenvalue weighted by molar-refractivity contribution is -0.131. The Balaban J connectivity index is 1.57. The zero-order chi connectivity index (χ0) is 18.1. The predicted molar refractivity (Wildman–Crippen MR) is 98.7 cm³/mol. The van der Waals surface area contributed by atoms with Gasteiger partial charge < -0.3 is 9.47 Å². The zero-order valence-electron chi connectivity index (χ0n) is 14.9. The maximum Gasteiger partial charge on any atom is 0.235 e. The molecule has 26 heavy (non-hydrogen) atoms. The third-order valence-corrected chi connectivity index (χ3v) is 5.59. The molecule has 1 aliphatic rings. The van der Waals surface area contributed by atoms with Crippen molar-refractivity contribution in [3.05, 3.63) is 24.5 Å². The predicted octanol–water partition coefficient (Wildman–Crippen LogP) is 2.02. The van der Waals surface area contributed by atoms with Crippen LogP contribution in [0.25, 0.3) is 17.3 Å². The van der Waals surface area contributed by atoms with Gasteiger partial charge in [0.15, 0.2) is 11.5 Å². The van der Waals surface area contributed by atoms with Crippen molar-refractivity contribution in [2.45, 2.75) is 36.5 Å². The summed E-state index contributed by atoms with van der Waals surface area (Å²) in [6.07, 6.45) is 6.98. The van der Waals surface area contributed by atoms with Gasteiger partial charge in [0.25, 0.3) is 0 Å². The number of hydrogen-bond donors (Lipinski definition) is 0. The lowest BCUT2D eigenvalue weighted by atomic mass is 10.1. The molecule has 3 aromatic rings. The number of aryl methyl sites for hydroxylation is 1. The maximum atomic E-state index is 12.6. The number of imidazole rings is 1. The molecule has 9 heteroatoms. The quantitative estimate of drug-likeness (QED) is 0.653. The summed E-state index contributed by atoms with van der Waals surface area (Å²) < 4.78 is 3.56. The number of carbonyl (C=O) groups excluding carboxylic acids is 1. The summed E-state index contributed by atoms with van der Waals surface area (Å²) in [5.74, 6) is 1.47. The molecule has 0 bridgehead atoms. The molecule has 1 aliphatic heterocycles. The van der Waals surface area contributed by atoms with Crippen LogP contribution in [0.5, 0.6) is 0 Å². The largest absolute Gasteiger partial charge is 0.342 e. The number of aromatic nitrogens is 6. The van der Waals surface area contributed by atoms with Crippen LogP contribution in [0.1, 0.15) is 26.2 Å². The van der Waals surface area contributed by atoms with Crippen molar-refractivity contribution in [1.82, 2.24) is 34.3 Å². The second-order valence-corrected chi connectivity index (χ2v) is 7.83. The third kappa shape index (κ3) is 3.18. The second kappa shape index (κ2) is 7.06. The van der Waals surface area contributed by atoms with E-state index in [0.717, 1.165) is 31.0 Å². The number of fused-ring (bicyclic) bond motifs is 1. The van der Waals surface area contributed by atoms with Gasteiger partial charge in [-0.05, 0) is 38.3 Å². The van der Waals surface area contributed by atoms with E-state index in [1.54, 1.807) is 10.7 Å². The Bertz CT molecular complexity index is 928. The first-order chi connectivity index (χ1) is 12.6. The van der Waals surface area contributed by atoms with Gasteiger partial charge in [-0.1, -0.05) is 11.8 Å². The highest BCUT2D eigenvalue weighted by Crippen LogP contribution is 2.25. The van der Waals surface area contributed by atoms with Crippen molar-refractivity contribution in [2.24, 2.45) is 7.05 Å². The number of nitrogens with zero attached hydrogens (tertiary/aromatic N) is 7. The average molecular weight is 371 g/mol. The van der Waals surface area contributed by atoms with Crippen LogP contribution >= 0.6 is 11.8 Å². The van der Waals surface area contributed by atoms with Gasteiger partial charge in [0.2, 0.25) is 11.7 Å². The van der Waals surface area contributed by atoms with E-state index in [1.807, 2.05) is 41.8 Å². The fourth-order valence-corrected chi connectivity index (χ4v) is 4.05. The monoisotopic (exact) mass is 371 g/mol. The zero-order valence-corrected chi connectivity index (χ0v) is 15.7. The van der Waals surface area contributed by atoms with Crippen molar-refractivity contribution in [2.75, 3.05) is 13.1 Å². The Morgan fingerprint density at radius 2 is 1.96 bits per heavy atom. The number of carbonyl (C=O) groups is 1. The number of piperidine rings is 1. The van der Waals surface area contributed by atoms with Crippen LogP contribution in [0.3, 0.4) is 0 Å². The average Bonchev–Trinajstić information content (AvgIpc) is 3.27. The van der Waals surface area contributed by atoms with Crippen LogP contribution in [-0.4, -0.2) is 58.5 Å². The fraction of sp³-hybridized carbons (Fsp3) is 0.471. The summed E-state index contributed by atoms with van der Waals surface area (Å²) in [6.45, 7) is 3.68. The normalized spacial score (nSPS) is 16.2. The van der Waals surface area contributed by atoms with Crippen molar-refractivity contribution >= 4 is 23.3 Å². The molecule has 1 saturated heterocycles. The van der Waals surface area contributed by atoms with Crippen molar-refractivity contribution < 1.29 is 4.79 Å². The highest BCUT2D eigenvalue weighted by molar-refractivity contribution is 8.00. The molecule has 0 unspecified atom stereocenters. The molecule has 1 amide bonds. The van der Waals surface area contributed by atoms with Crippen LogP contribution < -0.4 is 0 Å². The Morgan fingerprint density at radius 1 is 1.15 bits per heavy atom. The minimum atomic E-state index is -0.175. The molecule has 0 aromatic carbocycles. The van der Waals surface area contributed by atoms with Gasteiger partial charge in [0, 0.05) is 32.5 Å². The fourth-order valence-electron chi connectivity index (χ4n) is 3.16. The summed E-state index contributed by atoms with van der Waals surface area (Å²) in [4.78, 5) is 18.9. The minimum absolute atomic E-state index is 0.175. The molecular weight excluding hydrogens is 350 g/mol. The molecule has 1 atom stereocenters. The molecule has 0 aliphatic carbocycles. The van der Waals surface area contributed by atoms with Crippen molar-refractivity contribution in [1.29, 1.82) is 0 Å². The number of amides is 1. The van der Waals surface area contributed by atoms with Crippen LogP contribution in [0.2, 0.25) is 0 Å². The Labute approximate surface area is 155 Å². The summed E-state index contributed by atoms with van der Waals surface area (Å²) in [5.41, 5.74) is 0.655. The standard InChI is InChI=1S/C17H21N7OS/c1-12(17(25)23-9-4-3-5-10-23)26-14-7-6-13-19-20-16(24(13)21-14)15-18-8-11-22(15)2/h6-8,11-12H,3-5,9-10H2,1-2H3/t12-/m1/s1. The molecular formula is C17H21N7OS. The second-order valence-electron chi connectivity index (χ2n) is 6.47. The summed E-state index contributed by atoms with van der Waals surface area (Å²) >= 11 is 1.47. The Hall–Kier alpha value is -2.42. The molecule has 8 nitrogen and oxygen atoms in total. The summed E-state index contributed by atoms with van der Waals surface area (Å²) in [7, 11) is 1.90. The summed E-state index contributed by atoms with van der Waals surface area (Å²) in [6, 6.07) is 3.75. The first-order valence-corrected chi connectivity index (χ1v) is 9.67. The molecule has 0 radical (unpaired) electrons. The number of likely N-dealkylation sites (tertiary alicyclic amines) is 1. The molecule has 4 heterocycles. The van der Waals surface area contributed by atoms with Crippen molar-refractivity contribution in [3.63, 3.8) is 0 Å². The van der Waals surface area contributed by atoms with Crippen molar-refractivity contribution in [3.8, 4) is 11.6 Å². The summed E-state index contributed by atoms with van der Waals surface area (Å²) in [5, 5.41) is 13.6. The van der Waals surface area contributed by atoms with E-state index in [1.165, 1.54) is 18.2 Å². The molecule has 4 rings (SSSR count). The van der Waals surface area contributed by atoms with Gasteiger partial charge >= 0.3 is 0 Å². The smallest absolute Gasteiger partial charge is 0.235 e. The van der Waals surface area contributed by atoms with Gasteiger partial charge in [0.05, 0.1) is 5.25 Å². The highest BCUT2D eigenvalue weighted by atomic mass is 32.2. The lowest BCUT2D eigenvalue weighted by Gasteiger charge is -2.28. The highest BCUT2D eigenvalue weighted by Gasteiger charge is 2.24. The van der Waals surface area contributed by atoms with Gasteiger partial charge in [-0.25, -0.2) is 4.98 Å². The molecule has 136 valence electrons. The first-order valence-electron chi connectivity index (χ1n) is 8.79. The van der Waals surface area contributed by atoms with Gasteiger partial charge in [0.1, 0.15) is 5.03 Å². The number of hydrogen-bond acceptors (Lipinski definition) is 6. The van der Waals surface area contributed by atoms with E-state index in [4.69, 9.17) is 0 Å². The van der Waals surface area contributed by atoms with E-state index in [-0.39, 0.29) is 11.2 Å². The minimum Gasteiger partial charge on any atom is -0.342 e. The third-order valence-electron chi connectivity index (χ3n) is 4.57. The van der Waals surface area contributed by atoms with E-state index < -0.39 is 0 Å². The van der Waals surface area contributed by atoms with Gasteiger partial charge in [-0.3, -0.25) is 4.79 Å². The number of thioether (sulfide) groups is 1. The maximum absolute atomic E-state index is 12.6. The van der Waals surface area contributed by atoms with Gasteiger partial charge in [-0.15, -0.1) is 10.2 Å². The van der Waals surface area contributed by atoms with Crippen LogP contribution in [-0.2, 0) is 11.8 Å². The van der Waals surface area contributed by atoms with E-state index >= 15 is 0 Å². The topological polar surface area (TPSA) is 81.2 Å². The Morgan fingerprint density at radius 3 is 2.69 bits per heavy atom. The van der Waals surface area contributed by atoms with E-state index in [0.29, 0.717) is 17.3 Å². The molecule has 1 fully saturated rings. The van der Waals surface area contributed by atoms with Gasteiger partial charge in [-0.2, -0.15) is 9.61 Å².